The molecule has 0 spiro atoms. The van der Waals surface area contributed by atoms with Crippen molar-refractivity contribution in [3.05, 3.63) is 69.1 Å². The summed E-state index contributed by atoms with van der Waals surface area (Å²) in [4.78, 5) is 16.6. The molecule has 1 amide bonds. The molecule has 152 valence electrons. The number of hydrogen-bond acceptors (Lipinski definition) is 4. The van der Waals surface area contributed by atoms with E-state index < -0.39 is 0 Å². The van der Waals surface area contributed by atoms with Gasteiger partial charge in [-0.2, -0.15) is 5.10 Å². The first-order valence-electron chi connectivity index (χ1n) is 9.24. The van der Waals surface area contributed by atoms with E-state index in [1.807, 2.05) is 39.0 Å². The van der Waals surface area contributed by atoms with Crippen molar-refractivity contribution < 1.29 is 9.53 Å². The first-order valence-corrected chi connectivity index (χ1v) is 9.99. The Morgan fingerprint density at radius 1 is 1.17 bits per heavy atom. The molecule has 0 unspecified atom stereocenters. The van der Waals surface area contributed by atoms with Gasteiger partial charge in [0, 0.05) is 30.1 Å². The van der Waals surface area contributed by atoms with Crippen LogP contribution < -0.4 is 10.1 Å². The summed E-state index contributed by atoms with van der Waals surface area (Å²) >= 11 is 12.1. The minimum atomic E-state index is -0.0836. The van der Waals surface area contributed by atoms with Crippen molar-refractivity contribution >= 4 is 29.1 Å². The predicted octanol–water partition coefficient (Wildman–Crippen LogP) is 4.45. The van der Waals surface area contributed by atoms with Gasteiger partial charge in [0.2, 0.25) is 11.8 Å². The Morgan fingerprint density at radius 2 is 1.97 bits per heavy atom. The second kappa shape index (κ2) is 9.29. The van der Waals surface area contributed by atoms with Crippen molar-refractivity contribution in [2.45, 2.75) is 33.7 Å². The quantitative estimate of drug-likeness (QED) is 0.598. The molecule has 2 aromatic heterocycles. The lowest BCUT2D eigenvalue weighted by Gasteiger charge is -2.08. The van der Waals surface area contributed by atoms with Gasteiger partial charge in [0.1, 0.15) is 0 Å². The number of aromatic nitrogens is 3. The van der Waals surface area contributed by atoms with Crippen LogP contribution in [0.2, 0.25) is 10.0 Å². The van der Waals surface area contributed by atoms with Crippen molar-refractivity contribution in [3.8, 4) is 11.6 Å². The normalized spacial score (nSPS) is 10.8. The Balaban J connectivity index is 1.70. The number of benzene rings is 1. The zero-order valence-corrected chi connectivity index (χ0v) is 18.0. The molecule has 0 aliphatic heterocycles. The van der Waals surface area contributed by atoms with Crippen LogP contribution in [0, 0.1) is 13.8 Å². The number of carbonyl (C=O) groups is 1. The van der Waals surface area contributed by atoms with Crippen LogP contribution >= 0.6 is 23.2 Å². The van der Waals surface area contributed by atoms with Crippen LogP contribution in [0.3, 0.4) is 0 Å². The highest BCUT2D eigenvalue weighted by Gasteiger charge is 2.16. The Labute approximate surface area is 179 Å². The average molecular weight is 433 g/mol. The molecular weight excluding hydrogens is 411 g/mol. The van der Waals surface area contributed by atoms with E-state index in [1.165, 1.54) is 0 Å². The van der Waals surface area contributed by atoms with Gasteiger partial charge in [-0.3, -0.25) is 4.79 Å². The highest BCUT2D eigenvalue weighted by Crippen LogP contribution is 2.26. The number of nitrogens with zero attached hydrogens (tertiary/aromatic N) is 3. The summed E-state index contributed by atoms with van der Waals surface area (Å²) in [6.45, 7) is 6.67. The molecule has 0 saturated carbocycles. The number of amides is 1. The van der Waals surface area contributed by atoms with Crippen molar-refractivity contribution in [3.63, 3.8) is 0 Å². The fourth-order valence-electron chi connectivity index (χ4n) is 3.01. The zero-order valence-electron chi connectivity index (χ0n) is 16.5. The maximum atomic E-state index is 12.5. The van der Waals surface area contributed by atoms with Crippen LogP contribution in [-0.2, 0) is 17.8 Å². The molecule has 0 fully saturated rings. The first-order chi connectivity index (χ1) is 13.9. The molecule has 0 radical (unpaired) electrons. The average Bonchev–Trinajstić information content (AvgIpc) is 2.97. The molecule has 3 aromatic rings. The van der Waals surface area contributed by atoms with E-state index in [9.17, 15) is 4.79 Å². The van der Waals surface area contributed by atoms with E-state index in [0.29, 0.717) is 29.1 Å². The zero-order chi connectivity index (χ0) is 21.0. The summed E-state index contributed by atoms with van der Waals surface area (Å²) in [6, 6.07) is 9.00. The fraction of sp³-hybridized carbons (Fsp3) is 0.286. The molecule has 29 heavy (non-hydrogen) atoms. The summed E-state index contributed by atoms with van der Waals surface area (Å²) < 4.78 is 7.16. The number of carbonyl (C=O) groups excluding carboxylic acids is 1. The molecular formula is C21H22Cl2N4O2. The molecule has 6 nitrogen and oxygen atoms in total. The highest BCUT2D eigenvalue weighted by atomic mass is 35.5. The van der Waals surface area contributed by atoms with Gasteiger partial charge in [-0.25, -0.2) is 9.67 Å². The molecule has 0 atom stereocenters. The van der Waals surface area contributed by atoms with E-state index in [-0.39, 0.29) is 12.3 Å². The third-order valence-corrected chi connectivity index (χ3v) is 5.25. The lowest BCUT2D eigenvalue weighted by Crippen LogP contribution is -2.25. The fourth-order valence-corrected chi connectivity index (χ4v) is 3.30. The Morgan fingerprint density at radius 3 is 2.69 bits per heavy atom. The van der Waals surface area contributed by atoms with Gasteiger partial charge >= 0.3 is 0 Å². The number of ether oxygens (including phenoxy) is 1. The smallest absolute Gasteiger partial charge is 0.224 e. The maximum Gasteiger partial charge on any atom is 0.224 e. The van der Waals surface area contributed by atoms with Gasteiger partial charge in [-0.1, -0.05) is 23.2 Å². The van der Waals surface area contributed by atoms with E-state index >= 15 is 0 Å². The number of aryl methyl sites for hydroxylation is 1. The third kappa shape index (κ3) is 5.08. The Kier molecular flexibility index (Phi) is 6.77. The van der Waals surface area contributed by atoms with Crippen molar-refractivity contribution in [1.82, 2.24) is 20.1 Å². The van der Waals surface area contributed by atoms with Gasteiger partial charge in [0.05, 0.1) is 34.5 Å². The summed E-state index contributed by atoms with van der Waals surface area (Å²) in [5.74, 6) is 0.466. The standard InChI is InChI=1S/C21H22Cl2N4O2/c1-4-29-21-9-15(7-8-24-21)12-25-20(28)11-17-13(2)26-27(14(17)3)16-5-6-18(22)19(23)10-16/h5-10H,4,11-12H2,1-3H3,(H,25,28). The lowest BCUT2D eigenvalue weighted by molar-refractivity contribution is -0.120. The van der Waals surface area contributed by atoms with Crippen LogP contribution in [-0.4, -0.2) is 27.3 Å². The second-order valence-electron chi connectivity index (χ2n) is 6.55. The van der Waals surface area contributed by atoms with Crippen LogP contribution in [0.4, 0.5) is 0 Å². The minimum Gasteiger partial charge on any atom is -0.478 e. The molecule has 2 heterocycles. The topological polar surface area (TPSA) is 69.0 Å². The number of rotatable bonds is 7. The summed E-state index contributed by atoms with van der Waals surface area (Å²) in [7, 11) is 0. The number of pyridine rings is 1. The van der Waals surface area contributed by atoms with Gasteiger partial charge in [-0.15, -0.1) is 0 Å². The van der Waals surface area contributed by atoms with Crippen molar-refractivity contribution in [2.75, 3.05) is 6.61 Å². The number of nitrogens with one attached hydrogen (secondary N) is 1. The van der Waals surface area contributed by atoms with Gasteiger partial charge in [0.25, 0.3) is 0 Å². The Bertz CT molecular complexity index is 1030. The summed E-state index contributed by atoms with van der Waals surface area (Å²) in [6.07, 6.45) is 1.91. The number of hydrogen-bond donors (Lipinski definition) is 1. The molecule has 1 aromatic carbocycles. The Hall–Kier alpha value is -2.57. The van der Waals surface area contributed by atoms with Crippen LogP contribution in [0.1, 0.15) is 29.4 Å². The number of halogens is 2. The minimum absolute atomic E-state index is 0.0836. The molecule has 8 heteroatoms. The molecule has 3 rings (SSSR count). The summed E-state index contributed by atoms with van der Waals surface area (Å²) in [5, 5.41) is 8.45. The molecule has 0 aliphatic rings. The predicted molar refractivity (Wildman–Crippen MR) is 114 cm³/mol. The van der Waals surface area contributed by atoms with Crippen LogP contribution in [0.5, 0.6) is 5.88 Å². The molecule has 0 saturated heterocycles. The monoisotopic (exact) mass is 432 g/mol. The SMILES string of the molecule is CCOc1cc(CNC(=O)Cc2c(C)nn(-c3ccc(Cl)c(Cl)c3)c2C)ccn1. The van der Waals surface area contributed by atoms with Crippen LogP contribution in [0.25, 0.3) is 5.69 Å². The maximum absolute atomic E-state index is 12.5. The van der Waals surface area contributed by atoms with Crippen molar-refractivity contribution in [1.29, 1.82) is 0 Å². The van der Waals surface area contributed by atoms with E-state index in [2.05, 4.69) is 15.4 Å². The van der Waals surface area contributed by atoms with Crippen molar-refractivity contribution in [2.24, 2.45) is 0 Å². The van der Waals surface area contributed by atoms with Gasteiger partial charge < -0.3 is 10.1 Å². The van der Waals surface area contributed by atoms with Gasteiger partial charge in [-0.05, 0) is 50.6 Å². The molecule has 0 bridgehead atoms. The largest absolute Gasteiger partial charge is 0.478 e. The first kappa shape index (κ1) is 21.1. The van der Waals surface area contributed by atoms with Crippen LogP contribution in [0.15, 0.2) is 36.5 Å². The van der Waals surface area contributed by atoms with E-state index in [4.69, 9.17) is 27.9 Å². The van der Waals surface area contributed by atoms with Gasteiger partial charge in [0.15, 0.2) is 0 Å². The lowest BCUT2D eigenvalue weighted by atomic mass is 10.1. The summed E-state index contributed by atoms with van der Waals surface area (Å²) in [5.41, 5.74) is 4.30. The third-order valence-electron chi connectivity index (χ3n) is 4.51. The molecule has 0 aliphatic carbocycles. The highest BCUT2D eigenvalue weighted by molar-refractivity contribution is 6.42. The van der Waals surface area contributed by atoms with E-state index in [0.717, 1.165) is 28.2 Å². The second-order valence-corrected chi connectivity index (χ2v) is 7.36. The molecule has 1 N–H and O–H groups in total. The van der Waals surface area contributed by atoms with E-state index in [1.54, 1.807) is 23.0 Å².